The number of unbranched alkanes of at least 4 members (excludes halogenated alkanes) is 1. The number of thioether (sulfide) groups is 1. The lowest BCUT2D eigenvalue weighted by Crippen LogP contribution is -2.31. The molecule has 1 heterocycles. The lowest BCUT2D eigenvalue weighted by Gasteiger charge is -2.11. The van der Waals surface area contributed by atoms with Crippen molar-refractivity contribution in [2.24, 2.45) is 0 Å². The molecule has 7 heteroatoms. The van der Waals surface area contributed by atoms with E-state index in [0.29, 0.717) is 6.04 Å². The van der Waals surface area contributed by atoms with Crippen molar-refractivity contribution in [3.8, 4) is 0 Å². The molecule has 18 heavy (non-hydrogen) atoms. The molecule has 0 radical (unpaired) electrons. The Balaban J connectivity index is 1.84. The van der Waals surface area contributed by atoms with Crippen molar-refractivity contribution < 1.29 is 4.79 Å². The lowest BCUT2D eigenvalue weighted by atomic mass is 10.3. The van der Waals surface area contributed by atoms with Gasteiger partial charge in [0, 0.05) is 6.54 Å². The first-order chi connectivity index (χ1) is 8.72. The molecule has 1 aliphatic rings. The molecule has 0 aliphatic heterocycles. The van der Waals surface area contributed by atoms with Crippen LogP contribution in [0.15, 0.2) is 5.16 Å². The maximum atomic E-state index is 11.8. The van der Waals surface area contributed by atoms with E-state index in [-0.39, 0.29) is 11.2 Å². The molecule has 1 atom stereocenters. The van der Waals surface area contributed by atoms with Crippen LogP contribution < -0.4 is 5.32 Å². The molecule has 1 unspecified atom stereocenters. The molecule has 6 nitrogen and oxygen atoms in total. The van der Waals surface area contributed by atoms with Crippen LogP contribution in [0.3, 0.4) is 0 Å². The summed E-state index contributed by atoms with van der Waals surface area (Å²) in [7, 11) is 0. The van der Waals surface area contributed by atoms with Gasteiger partial charge in [-0.1, -0.05) is 25.1 Å². The van der Waals surface area contributed by atoms with E-state index in [1.54, 1.807) is 0 Å². The largest absolute Gasteiger partial charge is 0.355 e. The van der Waals surface area contributed by atoms with Gasteiger partial charge in [-0.3, -0.25) is 4.79 Å². The summed E-state index contributed by atoms with van der Waals surface area (Å²) in [5.41, 5.74) is 0. The fraction of sp³-hybridized carbons (Fsp3) is 0.818. The Morgan fingerprint density at radius 1 is 1.61 bits per heavy atom. The SMILES string of the molecule is CCCCNC(=O)C(C)Sc1nnnn1C1CC1. The minimum Gasteiger partial charge on any atom is -0.355 e. The van der Waals surface area contributed by atoms with Gasteiger partial charge in [-0.25, -0.2) is 4.68 Å². The predicted octanol–water partition coefficient (Wildman–Crippen LogP) is 1.40. The first-order valence-corrected chi connectivity index (χ1v) is 7.32. The molecule has 1 N–H and O–H groups in total. The van der Waals surface area contributed by atoms with Gasteiger partial charge in [0.15, 0.2) is 0 Å². The van der Waals surface area contributed by atoms with Crippen LogP contribution in [0.5, 0.6) is 0 Å². The van der Waals surface area contributed by atoms with Crippen LogP contribution in [-0.4, -0.2) is 37.9 Å². The number of nitrogens with zero attached hydrogens (tertiary/aromatic N) is 4. The highest BCUT2D eigenvalue weighted by molar-refractivity contribution is 8.00. The van der Waals surface area contributed by atoms with Gasteiger partial charge in [-0.05, 0) is 36.6 Å². The highest BCUT2D eigenvalue weighted by Gasteiger charge is 2.29. The van der Waals surface area contributed by atoms with Crippen molar-refractivity contribution >= 4 is 17.7 Å². The van der Waals surface area contributed by atoms with Crippen molar-refractivity contribution in [1.82, 2.24) is 25.5 Å². The summed E-state index contributed by atoms with van der Waals surface area (Å²) in [5.74, 6) is 0.0544. The monoisotopic (exact) mass is 269 g/mol. The van der Waals surface area contributed by atoms with Crippen molar-refractivity contribution in [1.29, 1.82) is 0 Å². The Labute approximate surface area is 111 Å². The van der Waals surface area contributed by atoms with E-state index in [2.05, 4.69) is 27.8 Å². The van der Waals surface area contributed by atoms with Gasteiger partial charge in [0.1, 0.15) is 0 Å². The number of amides is 1. The molecule has 1 saturated carbocycles. The smallest absolute Gasteiger partial charge is 0.233 e. The number of aromatic nitrogens is 4. The molecule has 1 aliphatic carbocycles. The van der Waals surface area contributed by atoms with E-state index in [0.717, 1.165) is 37.4 Å². The second-order valence-corrected chi connectivity index (χ2v) is 5.85. The van der Waals surface area contributed by atoms with E-state index >= 15 is 0 Å². The fourth-order valence-electron chi connectivity index (χ4n) is 1.56. The molecule has 0 spiro atoms. The molecule has 0 saturated heterocycles. The maximum absolute atomic E-state index is 11.8. The van der Waals surface area contributed by atoms with Gasteiger partial charge < -0.3 is 5.32 Å². The van der Waals surface area contributed by atoms with Gasteiger partial charge in [0.25, 0.3) is 0 Å². The van der Waals surface area contributed by atoms with Crippen molar-refractivity contribution in [3.05, 3.63) is 0 Å². The third kappa shape index (κ3) is 3.44. The van der Waals surface area contributed by atoms with Gasteiger partial charge in [0.05, 0.1) is 11.3 Å². The van der Waals surface area contributed by atoms with E-state index in [9.17, 15) is 4.79 Å². The lowest BCUT2D eigenvalue weighted by molar-refractivity contribution is -0.120. The molecule has 1 fully saturated rings. The second kappa shape index (κ2) is 6.17. The van der Waals surface area contributed by atoms with Crippen molar-refractivity contribution in [2.45, 2.75) is 56.0 Å². The normalized spacial score (nSPS) is 16.6. The zero-order chi connectivity index (χ0) is 13.0. The van der Waals surface area contributed by atoms with E-state index in [4.69, 9.17) is 0 Å². The number of carbonyl (C=O) groups is 1. The third-order valence-electron chi connectivity index (χ3n) is 2.84. The molecule has 2 rings (SSSR count). The van der Waals surface area contributed by atoms with Crippen LogP contribution >= 0.6 is 11.8 Å². The van der Waals surface area contributed by atoms with Crippen LogP contribution in [0, 0.1) is 0 Å². The average Bonchev–Trinajstić information content (AvgIpc) is 3.10. The van der Waals surface area contributed by atoms with Crippen molar-refractivity contribution in [2.75, 3.05) is 6.54 Å². The topological polar surface area (TPSA) is 72.7 Å². The summed E-state index contributed by atoms with van der Waals surface area (Å²) in [6, 6.07) is 0.442. The van der Waals surface area contributed by atoms with Crippen molar-refractivity contribution in [3.63, 3.8) is 0 Å². The zero-order valence-corrected chi connectivity index (χ0v) is 11.6. The van der Waals surface area contributed by atoms with Crippen LogP contribution in [-0.2, 0) is 4.79 Å². The molecule has 0 aromatic carbocycles. The Hall–Kier alpha value is -1.11. The molecule has 0 bridgehead atoms. The van der Waals surface area contributed by atoms with Gasteiger partial charge in [-0.2, -0.15) is 0 Å². The third-order valence-corrected chi connectivity index (χ3v) is 3.88. The number of hydrogen-bond donors (Lipinski definition) is 1. The molecule has 1 aromatic rings. The van der Waals surface area contributed by atoms with E-state index < -0.39 is 0 Å². The number of hydrogen-bond acceptors (Lipinski definition) is 5. The number of nitrogens with one attached hydrogen (secondary N) is 1. The minimum absolute atomic E-state index is 0.0544. The highest BCUT2D eigenvalue weighted by atomic mass is 32.2. The molecule has 100 valence electrons. The first-order valence-electron chi connectivity index (χ1n) is 6.44. The van der Waals surface area contributed by atoms with Crippen LogP contribution in [0.2, 0.25) is 0 Å². The fourth-order valence-corrected chi connectivity index (χ4v) is 2.44. The van der Waals surface area contributed by atoms with Crippen LogP contribution in [0.1, 0.15) is 45.6 Å². The van der Waals surface area contributed by atoms with Crippen LogP contribution in [0.4, 0.5) is 0 Å². The first kappa shape index (κ1) is 13.3. The van der Waals surface area contributed by atoms with E-state index in [1.807, 2.05) is 11.6 Å². The number of carbonyl (C=O) groups excluding carboxylic acids is 1. The minimum atomic E-state index is -0.162. The maximum Gasteiger partial charge on any atom is 0.233 e. The Kier molecular flexibility index (Phi) is 4.57. The molecule has 1 aromatic heterocycles. The quantitative estimate of drug-likeness (QED) is 0.598. The Bertz CT molecular complexity index is 404. The summed E-state index contributed by atoms with van der Waals surface area (Å²) < 4.78 is 1.83. The molecular weight excluding hydrogens is 250 g/mol. The zero-order valence-electron chi connectivity index (χ0n) is 10.8. The van der Waals surface area contributed by atoms with E-state index in [1.165, 1.54) is 11.8 Å². The number of tetrazole rings is 1. The van der Waals surface area contributed by atoms with Gasteiger partial charge >= 0.3 is 0 Å². The summed E-state index contributed by atoms with van der Waals surface area (Å²) in [4.78, 5) is 11.8. The summed E-state index contributed by atoms with van der Waals surface area (Å²) in [6.07, 6.45) is 4.37. The summed E-state index contributed by atoms with van der Waals surface area (Å²) in [6.45, 7) is 4.74. The number of rotatable bonds is 7. The van der Waals surface area contributed by atoms with Crippen LogP contribution in [0.25, 0.3) is 0 Å². The molecular formula is C11H19N5OS. The average molecular weight is 269 g/mol. The molecule has 1 amide bonds. The summed E-state index contributed by atoms with van der Waals surface area (Å²) in [5, 5.41) is 15.1. The predicted molar refractivity (Wildman–Crippen MR) is 69.3 cm³/mol. The van der Waals surface area contributed by atoms with Gasteiger partial charge in [-0.15, -0.1) is 5.10 Å². The second-order valence-electron chi connectivity index (χ2n) is 4.54. The summed E-state index contributed by atoms with van der Waals surface area (Å²) >= 11 is 1.43. The standard InChI is InChI=1S/C11H19N5OS/c1-3-4-7-12-10(17)8(2)18-11-13-14-15-16(11)9-5-6-9/h8-9H,3-7H2,1-2H3,(H,12,17). The Morgan fingerprint density at radius 3 is 3.06 bits per heavy atom. The Morgan fingerprint density at radius 2 is 2.39 bits per heavy atom. The highest BCUT2D eigenvalue weighted by Crippen LogP contribution is 2.37. The van der Waals surface area contributed by atoms with Gasteiger partial charge in [0.2, 0.25) is 11.1 Å².